The van der Waals surface area contributed by atoms with Crippen molar-refractivity contribution in [2.24, 2.45) is 11.8 Å². The number of unbranched alkanes of at least 4 members (excludes halogenated alkanes) is 2. The third kappa shape index (κ3) is 4.38. The predicted octanol–water partition coefficient (Wildman–Crippen LogP) is 3.21. The zero-order chi connectivity index (χ0) is 25.9. The molecule has 8 heteroatoms. The molecule has 1 saturated carbocycles. The van der Waals surface area contributed by atoms with Gasteiger partial charge < -0.3 is 24.4 Å². The van der Waals surface area contributed by atoms with Crippen LogP contribution in [0.5, 0.6) is 0 Å². The van der Waals surface area contributed by atoms with Gasteiger partial charge in [0.15, 0.2) is 0 Å². The molecule has 1 N–H and O–H groups in total. The number of aliphatic hydroxyl groups is 1. The minimum absolute atomic E-state index is 0.0729. The largest absolute Gasteiger partial charge is 0.466 e. The first-order valence-corrected chi connectivity index (χ1v) is 14.1. The molecular weight excluding hydrogens is 460 g/mol. The second-order valence-corrected chi connectivity index (χ2v) is 11.0. The van der Waals surface area contributed by atoms with Crippen LogP contribution in [0.1, 0.15) is 84.5 Å². The van der Waals surface area contributed by atoms with Crippen molar-refractivity contribution in [1.82, 2.24) is 9.80 Å². The smallest absolute Gasteiger partial charge is 0.312 e. The third-order valence-electron chi connectivity index (χ3n) is 9.14. The molecule has 8 nitrogen and oxygen atoms in total. The summed E-state index contributed by atoms with van der Waals surface area (Å²) in [6.07, 6.45) is 11.0. The molecule has 2 bridgehead atoms. The van der Waals surface area contributed by atoms with E-state index in [4.69, 9.17) is 9.47 Å². The average molecular weight is 505 g/mol. The lowest BCUT2D eigenvalue weighted by Gasteiger charge is -2.41. The third-order valence-corrected chi connectivity index (χ3v) is 9.14. The van der Waals surface area contributed by atoms with Crippen LogP contribution < -0.4 is 0 Å². The second-order valence-electron chi connectivity index (χ2n) is 11.0. The summed E-state index contributed by atoms with van der Waals surface area (Å²) in [6, 6.07) is -0.621. The number of aliphatic hydroxyl groups excluding tert-OH is 1. The van der Waals surface area contributed by atoms with Crippen molar-refractivity contribution in [3.05, 3.63) is 12.7 Å². The Morgan fingerprint density at radius 1 is 1.19 bits per heavy atom. The quantitative estimate of drug-likeness (QED) is 0.249. The summed E-state index contributed by atoms with van der Waals surface area (Å²) in [5.41, 5.74) is -1.77. The van der Waals surface area contributed by atoms with Crippen LogP contribution in [0.3, 0.4) is 0 Å². The summed E-state index contributed by atoms with van der Waals surface area (Å²) in [6.45, 7) is 8.87. The van der Waals surface area contributed by atoms with Gasteiger partial charge in [-0.1, -0.05) is 32.3 Å². The molecule has 4 rings (SSSR count). The fourth-order valence-corrected chi connectivity index (χ4v) is 7.51. The van der Waals surface area contributed by atoms with Gasteiger partial charge in [-0.05, 0) is 58.3 Å². The van der Waals surface area contributed by atoms with Crippen LogP contribution in [0.15, 0.2) is 12.7 Å². The van der Waals surface area contributed by atoms with Gasteiger partial charge in [-0.3, -0.25) is 14.4 Å². The fraction of sp³-hybridized carbons (Fsp3) is 0.821. The van der Waals surface area contributed by atoms with Crippen LogP contribution >= 0.6 is 0 Å². The first-order valence-electron chi connectivity index (χ1n) is 14.1. The minimum atomic E-state index is -1.01. The van der Waals surface area contributed by atoms with Crippen molar-refractivity contribution in [3.63, 3.8) is 0 Å². The Balaban J connectivity index is 1.72. The van der Waals surface area contributed by atoms with Crippen molar-refractivity contribution in [3.8, 4) is 0 Å². The van der Waals surface area contributed by atoms with E-state index in [9.17, 15) is 19.5 Å². The summed E-state index contributed by atoms with van der Waals surface area (Å²) < 4.78 is 12.3. The zero-order valence-corrected chi connectivity index (χ0v) is 22.1. The van der Waals surface area contributed by atoms with Gasteiger partial charge in [0.1, 0.15) is 17.6 Å². The van der Waals surface area contributed by atoms with Crippen molar-refractivity contribution < 1.29 is 29.0 Å². The molecule has 3 heterocycles. The summed E-state index contributed by atoms with van der Waals surface area (Å²) in [4.78, 5) is 45.4. The number of likely N-dealkylation sites (tertiary alicyclic amines) is 1. The first-order chi connectivity index (χ1) is 17.4. The van der Waals surface area contributed by atoms with Crippen LogP contribution in [-0.4, -0.2) is 82.3 Å². The number of fused-ring (bicyclic) bond motifs is 1. The number of rotatable bonds is 12. The standard InChI is InChI=1S/C28H44N2O6/c1-4-17-29(20-13-9-7-10-14-20)25(33)23-28-16-15-27(5-2,36-28)22(26(34)35-6-3)21(28)24(32)30(23)18-11-8-12-19-31/h4,20-23,31H,1,5-19H2,2-3H3/t21-,22-,23?,27+,28?/m0/s1. The van der Waals surface area contributed by atoms with E-state index in [1.54, 1.807) is 17.9 Å². The van der Waals surface area contributed by atoms with Gasteiger partial charge in [0.25, 0.3) is 0 Å². The highest BCUT2D eigenvalue weighted by Gasteiger charge is 2.79. The molecule has 2 unspecified atom stereocenters. The average Bonchev–Trinajstić information content (AvgIpc) is 3.49. The maximum Gasteiger partial charge on any atom is 0.312 e. The van der Waals surface area contributed by atoms with Crippen LogP contribution in [0.25, 0.3) is 0 Å². The maximum atomic E-state index is 14.4. The van der Waals surface area contributed by atoms with Crippen molar-refractivity contribution in [1.29, 1.82) is 0 Å². The lowest BCUT2D eigenvalue weighted by molar-refractivity contribution is -0.162. The van der Waals surface area contributed by atoms with Gasteiger partial charge in [0.05, 0.1) is 18.1 Å². The second kappa shape index (κ2) is 11.2. The van der Waals surface area contributed by atoms with E-state index in [1.165, 1.54) is 6.42 Å². The van der Waals surface area contributed by atoms with E-state index >= 15 is 0 Å². The Morgan fingerprint density at radius 3 is 2.58 bits per heavy atom. The summed E-state index contributed by atoms with van der Waals surface area (Å²) in [5.74, 6) is -2.01. The van der Waals surface area contributed by atoms with Crippen molar-refractivity contribution >= 4 is 17.8 Å². The van der Waals surface area contributed by atoms with Crippen LogP contribution in [-0.2, 0) is 23.9 Å². The maximum absolute atomic E-state index is 14.4. The van der Waals surface area contributed by atoms with E-state index in [1.807, 2.05) is 11.8 Å². The monoisotopic (exact) mass is 504 g/mol. The molecule has 5 atom stereocenters. The van der Waals surface area contributed by atoms with Crippen molar-refractivity contribution in [2.45, 2.75) is 108 Å². The number of hydrogen-bond donors (Lipinski definition) is 1. The van der Waals surface area contributed by atoms with E-state index in [2.05, 4.69) is 6.58 Å². The molecule has 0 aromatic rings. The van der Waals surface area contributed by atoms with Crippen LogP contribution in [0.4, 0.5) is 0 Å². The Hall–Kier alpha value is -1.93. The number of nitrogens with zero attached hydrogens (tertiary/aromatic N) is 2. The van der Waals surface area contributed by atoms with E-state index < -0.39 is 29.1 Å². The SMILES string of the molecule is C=CCN(C(=O)C1N(CCCCCO)C(=O)[C@@H]2[C@@H](C(=O)OCC)[C@@]3(CC)CCC12O3)C1CCCCC1. The van der Waals surface area contributed by atoms with E-state index in [0.717, 1.165) is 32.1 Å². The fourth-order valence-electron chi connectivity index (χ4n) is 7.51. The summed E-state index contributed by atoms with van der Waals surface area (Å²) in [5, 5.41) is 9.22. The number of amides is 2. The van der Waals surface area contributed by atoms with Gasteiger partial charge in [-0.2, -0.15) is 0 Å². The number of carbonyl (C=O) groups is 3. The molecule has 4 fully saturated rings. The van der Waals surface area contributed by atoms with Gasteiger partial charge in [0, 0.05) is 25.7 Å². The Labute approximate surface area is 215 Å². The lowest BCUT2D eigenvalue weighted by Crippen LogP contribution is -2.58. The van der Waals surface area contributed by atoms with Gasteiger partial charge >= 0.3 is 5.97 Å². The molecule has 0 aromatic heterocycles. The molecule has 202 valence electrons. The molecule has 1 aliphatic carbocycles. The topological polar surface area (TPSA) is 96.4 Å². The molecule has 1 spiro atoms. The molecule has 0 radical (unpaired) electrons. The van der Waals surface area contributed by atoms with Gasteiger partial charge in [-0.25, -0.2) is 0 Å². The van der Waals surface area contributed by atoms with E-state index in [-0.39, 0.29) is 37.0 Å². The Bertz CT molecular complexity index is 842. The highest BCUT2D eigenvalue weighted by molar-refractivity contribution is 5.98. The summed E-state index contributed by atoms with van der Waals surface area (Å²) >= 11 is 0. The molecule has 4 aliphatic rings. The minimum Gasteiger partial charge on any atom is -0.466 e. The highest BCUT2D eigenvalue weighted by Crippen LogP contribution is 2.64. The molecule has 3 aliphatic heterocycles. The Kier molecular flexibility index (Phi) is 8.45. The normalized spacial score (nSPS) is 33.6. The van der Waals surface area contributed by atoms with E-state index in [0.29, 0.717) is 45.2 Å². The first kappa shape index (κ1) is 27.1. The molecule has 36 heavy (non-hydrogen) atoms. The predicted molar refractivity (Wildman–Crippen MR) is 135 cm³/mol. The summed E-state index contributed by atoms with van der Waals surface area (Å²) in [7, 11) is 0. The number of carbonyl (C=O) groups excluding carboxylic acids is 3. The molecular formula is C28H44N2O6. The highest BCUT2D eigenvalue weighted by atomic mass is 16.6. The number of ether oxygens (including phenoxy) is 2. The van der Waals surface area contributed by atoms with Gasteiger partial charge in [0.2, 0.25) is 11.8 Å². The van der Waals surface area contributed by atoms with Gasteiger partial charge in [-0.15, -0.1) is 6.58 Å². The molecule has 0 aromatic carbocycles. The van der Waals surface area contributed by atoms with Crippen molar-refractivity contribution in [2.75, 3.05) is 26.3 Å². The van der Waals surface area contributed by atoms with Crippen LogP contribution in [0, 0.1) is 11.8 Å². The van der Waals surface area contributed by atoms with Crippen LogP contribution in [0.2, 0.25) is 0 Å². The number of esters is 1. The number of hydrogen-bond acceptors (Lipinski definition) is 6. The molecule has 2 amide bonds. The lowest BCUT2D eigenvalue weighted by atomic mass is 9.65. The zero-order valence-electron chi connectivity index (χ0n) is 22.1. The Morgan fingerprint density at radius 2 is 1.94 bits per heavy atom. The molecule has 3 saturated heterocycles.